The summed E-state index contributed by atoms with van der Waals surface area (Å²) in [5.41, 5.74) is 3.78. The van der Waals surface area contributed by atoms with Crippen LogP contribution in [0.25, 0.3) is 0 Å². The predicted molar refractivity (Wildman–Crippen MR) is 123 cm³/mol. The number of ether oxygens (including phenoxy) is 2. The second-order valence-corrected chi connectivity index (χ2v) is 8.17. The molecular formula is C26H30N2O3. The molecule has 5 nitrogen and oxygen atoms in total. The van der Waals surface area contributed by atoms with Crippen LogP contribution in [0.1, 0.15) is 47.8 Å². The monoisotopic (exact) mass is 418 g/mol. The lowest BCUT2D eigenvalue weighted by atomic mass is 9.84. The Kier molecular flexibility index (Phi) is 7.29. The Labute approximate surface area is 184 Å². The first-order valence-electron chi connectivity index (χ1n) is 10.5. The highest BCUT2D eigenvalue weighted by Crippen LogP contribution is 2.29. The van der Waals surface area contributed by atoms with Crippen LogP contribution in [0.3, 0.4) is 0 Å². The van der Waals surface area contributed by atoms with Crippen molar-refractivity contribution in [3.05, 3.63) is 89.2 Å². The summed E-state index contributed by atoms with van der Waals surface area (Å²) in [4.78, 5) is 16.8. The molecule has 0 aliphatic carbocycles. The molecule has 0 radical (unpaired) electrons. The number of aryl methyl sites for hydroxylation is 1. The molecule has 0 saturated heterocycles. The van der Waals surface area contributed by atoms with E-state index in [4.69, 9.17) is 9.47 Å². The van der Waals surface area contributed by atoms with Crippen molar-refractivity contribution in [2.45, 2.75) is 39.7 Å². The van der Waals surface area contributed by atoms with Gasteiger partial charge < -0.3 is 14.8 Å². The van der Waals surface area contributed by atoms with Crippen molar-refractivity contribution in [2.24, 2.45) is 0 Å². The van der Waals surface area contributed by atoms with E-state index in [1.165, 1.54) is 11.1 Å². The van der Waals surface area contributed by atoms with Crippen LogP contribution in [0.2, 0.25) is 0 Å². The van der Waals surface area contributed by atoms with E-state index >= 15 is 0 Å². The molecule has 0 atom stereocenters. The zero-order valence-electron chi connectivity index (χ0n) is 18.6. The highest BCUT2D eigenvalue weighted by molar-refractivity contribution is 5.95. The summed E-state index contributed by atoms with van der Waals surface area (Å²) in [7, 11) is 0. The number of hydrogen-bond donors (Lipinski definition) is 1. The molecule has 1 heterocycles. The van der Waals surface area contributed by atoms with Gasteiger partial charge in [0.05, 0.1) is 6.61 Å². The largest absolute Gasteiger partial charge is 0.490 e. The van der Waals surface area contributed by atoms with Gasteiger partial charge in [-0.2, -0.15) is 0 Å². The van der Waals surface area contributed by atoms with Crippen molar-refractivity contribution in [3.8, 4) is 11.5 Å². The van der Waals surface area contributed by atoms with E-state index in [9.17, 15) is 4.79 Å². The van der Waals surface area contributed by atoms with Gasteiger partial charge in [-0.3, -0.25) is 9.78 Å². The SMILES string of the molecule is CCOc1cc(C(=O)NCC(C)(C)c2cccc(C)c2)ccc1OCc1ccncc1. The number of nitrogens with zero attached hydrogens (tertiary/aromatic N) is 1. The fourth-order valence-electron chi connectivity index (χ4n) is 3.25. The van der Waals surface area contributed by atoms with Gasteiger partial charge in [0, 0.05) is 29.9 Å². The van der Waals surface area contributed by atoms with Gasteiger partial charge in [-0.1, -0.05) is 43.7 Å². The van der Waals surface area contributed by atoms with Crippen LogP contribution in [0.15, 0.2) is 67.0 Å². The third-order valence-electron chi connectivity index (χ3n) is 5.14. The molecule has 162 valence electrons. The van der Waals surface area contributed by atoms with Crippen molar-refractivity contribution >= 4 is 5.91 Å². The number of carbonyl (C=O) groups is 1. The van der Waals surface area contributed by atoms with Crippen LogP contribution in [0, 0.1) is 6.92 Å². The molecule has 0 unspecified atom stereocenters. The maximum absolute atomic E-state index is 12.8. The van der Waals surface area contributed by atoms with Gasteiger partial charge in [-0.15, -0.1) is 0 Å². The smallest absolute Gasteiger partial charge is 0.251 e. The zero-order valence-corrected chi connectivity index (χ0v) is 18.6. The van der Waals surface area contributed by atoms with Crippen LogP contribution >= 0.6 is 0 Å². The molecule has 5 heteroatoms. The van der Waals surface area contributed by atoms with Crippen molar-refractivity contribution in [3.63, 3.8) is 0 Å². The molecule has 0 saturated carbocycles. The summed E-state index contributed by atoms with van der Waals surface area (Å²) in [6.45, 7) is 9.65. The number of nitrogens with one attached hydrogen (secondary N) is 1. The third kappa shape index (κ3) is 6.07. The van der Waals surface area contributed by atoms with Crippen LogP contribution < -0.4 is 14.8 Å². The molecule has 3 rings (SSSR count). The minimum Gasteiger partial charge on any atom is -0.490 e. The third-order valence-corrected chi connectivity index (χ3v) is 5.14. The number of aromatic nitrogens is 1. The lowest BCUT2D eigenvalue weighted by Gasteiger charge is -2.26. The van der Waals surface area contributed by atoms with E-state index in [1.807, 2.05) is 25.1 Å². The number of rotatable bonds is 9. The van der Waals surface area contributed by atoms with Gasteiger partial charge in [-0.25, -0.2) is 0 Å². The first-order chi connectivity index (χ1) is 14.9. The van der Waals surface area contributed by atoms with Crippen molar-refractivity contribution in [1.29, 1.82) is 0 Å². The summed E-state index contributed by atoms with van der Waals surface area (Å²) in [6, 6.07) is 17.5. The predicted octanol–water partition coefficient (Wildman–Crippen LogP) is 5.08. The molecule has 2 aromatic carbocycles. The van der Waals surface area contributed by atoms with Gasteiger partial charge in [0.15, 0.2) is 11.5 Å². The normalized spacial score (nSPS) is 11.1. The molecule has 1 N–H and O–H groups in total. The van der Waals surface area contributed by atoms with E-state index in [2.05, 4.69) is 49.3 Å². The second kappa shape index (κ2) is 10.1. The maximum atomic E-state index is 12.8. The number of benzene rings is 2. The number of pyridine rings is 1. The summed E-state index contributed by atoms with van der Waals surface area (Å²) in [6.07, 6.45) is 3.46. The Hall–Kier alpha value is -3.34. The van der Waals surface area contributed by atoms with E-state index in [-0.39, 0.29) is 11.3 Å². The fraction of sp³-hybridized carbons (Fsp3) is 0.308. The molecule has 1 amide bonds. The van der Waals surface area contributed by atoms with Crippen molar-refractivity contribution in [1.82, 2.24) is 10.3 Å². The maximum Gasteiger partial charge on any atom is 0.251 e. The van der Waals surface area contributed by atoms with E-state index in [1.54, 1.807) is 30.6 Å². The van der Waals surface area contributed by atoms with Gasteiger partial charge >= 0.3 is 0 Å². The number of amides is 1. The summed E-state index contributed by atoms with van der Waals surface area (Å²) >= 11 is 0. The Morgan fingerprint density at radius 3 is 2.48 bits per heavy atom. The average molecular weight is 419 g/mol. The molecule has 0 aliphatic rings. The number of carbonyl (C=O) groups excluding carboxylic acids is 1. The summed E-state index contributed by atoms with van der Waals surface area (Å²) < 4.78 is 11.6. The molecule has 0 spiro atoms. The van der Waals surface area contributed by atoms with Crippen LogP contribution in [0.4, 0.5) is 0 Å². The van der Waals surface area contributed by atoms with Gasteiger partial charge in [0.25, 0.3) is 5.91 Å². The first kappa shape index (κ1) is 22.3. The Balaban J connectivity index is 1.68. The van der Waals surface area contributed by atoms with E-state index in [0.717, 1.165) is 5.56 Å². The lowest BCUT2D eigenvalue weighted by molar-refractivity contribution is 0.0945. The highest BCUT2D eigenvalue weighted by atomic mass is 16.5. The Morgan fingerprint density at radius 1 is 1.00 bits per heavy atom. The molecule has 0 fully saturated rings. The molecule has 31 heavy (non-hydrogen) atoms. The zero-order chi connectivity index (χ0) is 22.3. The topological polar surface area (TPSA) is 60.5 Å². The lowest BCUT2D eigenvalue weighted by Crippen LogP contribution is -2.36. The van der Waals surface area contributed by atoms with Gasteiger partial charge in [-0.05, 0) is 55.3 Å². The molecule has 3 aromatic rings. The minimum atomic E-state index is -0.183. The number of hydrogen-bond acceptors (Lipinski definition) is 4. The molecular weight excluding hydrogens is 388 g/mol. The fourth-order valence-corrected chi connectivity index (χ4v) is 3.25. The average Bonchev–Trinajstić information content (AvgIpc) is 2.77. The molecule has 1 aromatic heterocycles. The van der Waals surface area contributed by atoms with E-state index < -0.39 is 0 Å². The first-order valence-corrected chi connectivity index (χ1v) is 10.5. The summed E-state index contributed by atoms with van der Waals surface area (Å²) in [5.74, 6) is 1.03. The minimum absolute atomic E-state index is 0.137. The Bertz CT molecular complexity index is 1020. The highest BCUT2D eigenvalue weighted by Gasteiger charge is 2.22. The van der Waals surface area contributed by atoms with Gasteiger partial charge in [0.2, 0.25) is 0 Å². The standard InChI is InChI=1S/C26H30N2O3/c1-5-30-24-16-21(9-10-23(24)31-17-20-11-13-27-14-12-20)25(29)28-18-26(3,4)22-8-6-7-19(2)15-22/h6-16H,5,17-18H2,1-4H3,(H,28,29). The van der Waals surface area contributed by atoms with Crippen molar-refractivity contribution < 1.29 is 14.3 Å². The molecule has 0 aliphatic heterocycles. The van der Waals surface area contributed by atoms with Gasteiger partial charge in [0.1, 0.15) is 6.61 Å². The van der Waals surface area contributed by atoms with E-state index in [0.29, 0.717) is 36.8 Å². The van der Waals surface area contributed by atoms with Crippen LogP contribution in [-0.2, 0) is 12.0 Å². The van der Waals surface area contributed by atoms with Crippen molar-refractivity contribution in [2.75, 3.05) is 13.2 Å². The van der Waals surface area contributed by atoms with Crippen LogP contribution in [-0.4, -0.2) is 24.0 Å². The second-order valence-electron chi connectivity index (χ2n) is 8.17. The summed E-state index contributed by atoms with van der Waals surface area (Å²) in [5, 5.41) is 3.06. The quantitative estimate of drug-likeness (QED) is 0.527. The van der Waals surface area contributed by atoms with Crippen LogP contribution in [0.5, 0.6) is 11.5 Å². The Morgan fingerprint density at radius 2 is 1.77 bits per heavy atom. The molecule has 0 bridgehead atoms.